The van der Waals surface area contributed by atoms with Gasteiger partial charge in [-0.2, -0.15) is 4.98 Å². The van der Waals surface area contributed by atoms with Gasteiger partial charge in [-0.05, 0) is 32.2 Å². The molecule has 0 aromatic carbocycles. The fraction of sp³-hybridized carbons (Fsp3) is 0.867. The largest absolute Gasteiger partial charge is 0.338 e. The summed E-state index contributed by atoms with van der Waals surface area (Å²) >= 11 is 0. The second kappa shape index (κ2) is 6.22. The highest BCUT2D eigenvalue weighted by Crippen LogP contribution is 2.38. The second-order valence-corrected chi connectivity index (χ2v) is 6.50. The summed E-state index contributed by atoms with van der Waals surface area (Å²) in [4.78, 5) is 7.06. The lowest BCUT2D eigenvalue weighted by molar-refractivity contribution is 0.120. The molecular weight excluding hydrogens is 252 g/mol. The molecule has 2 fully saturated rings. The molecule has 20 heavy (non-hydrogen) atoms. The van der Waals surface area contributed by atoms with Crippen molar-refractivity contribution in [3.05, 3.63) is 11.7 Å². The van der Waals surface area contributed by atoms with E-state index in [2.05, 4.69) is 34.2 Å². The first-order valence-electron chi connectivity index (χ1n) is 8.02. The smallest absolute Gasteiger partial charge is 0.240 e. The standard InChI is InChI=1S/C15H26N4O/c1-11(2)16-9-13-5-3-4-8-19(13)10-14-17-15(18-20-14)12-6-7-12/h11-13,16H,3-10H2,1-2H3. The molecule has 1 aliphatic heterocycles. The lowest BCUT2D eigenvalue weighted by Crippen LogP contribution is -2.46. The zero-order valence-corrected chi connectivity index (χ0v) is 12.6. The van der Waals surface area contributed by atoms with Gasteiger partial charge in [-0.1, -0.05) is 25.4 Å². The zero-order chi connectivity index (χ0) is 13.9. The van der Waals surface area contributed by atoms with Gasteiger partial charge in [0.1, 0.15) is 0 Å². The number of hydrogen-bond donors (Lipinski definition) is 1. The summed E-state index contributed by atoms with van der Waals surface area (Å²) in [6.45, 7) is 7.41. The van der Waals surface area contributed by atoms with Gasteiger partial charge in [-0.3, -0.25) is 4.90 Å². The predicted octanol–water partition coefficient (Wildman–Crippen LogP) is 2.30. The fourth-order valence-corrected chi connectivity index (χ4v) is 2.88. The molecule has 1 unspecified atom stereocenters. The first-order chi connectivity index (χ1) is 9.72. The molecule has 5 heteroatoms. The Bertz CT molecular complexity index is 427. The summed E-state index contributed by atoms with van der Waals surface area (Å²) in [7, 11) is 0. The van der Waals surface area contributed by atoms with Crippen molar-refractivity contribution in [2.75, 3.05) is 13.1 Å². The van der Waals surface area contributed by atoms with Gasteiger partial charge in [0.15, 0.2) is 5.82 Å². The predicted molar refractivity (Wildman–Crippen MR) is 77.5 cm³/mol. The van der Waals surface area contributed by atoms with Crippen LogP contribution in [0.3, 0.4) is 0 Å². The number of likely N-dealkylation sites (tertiary alicyclic amines) is 1. The Morgan fingerprint density at radius 1 is 1.30 bits per heavy atom. The molecule has 1 atom stereocenters. The van der Waals surface area contributed by atoms with E-state index in [4.69, 9.17) is 4.52 Å². The Morgan fingerprint density at radius 2 is 2.15 bits per heavy atom. The van der Waals surface area contributed by atoms with Gasteiger partial charge in [0.05, 0.1) is 6.54 Å². The van der Waals surface area contributed by atoms with Crippen molar-refractivity contribution in [3.63, 3.8) is 0 Å². The molecule has 1 aliphatic carbocycles. The van der Waals surface area contributed by atoms with Crippen LogP contribution in [0.1, 0.15) is 63.6 Å². The Hall–Kier alpha value is -0.940. The summed E-state index contributed by atoms with van der Waals surface area (Å²) in [5, 5.41) is 7.67. The number of piperidine rings is 1. The highest BCUT2D eigenvalue weighted by Gasteiger charge is 2.30. The van der Waals surface area contributed by atoms with E-state index in [0.29, 0.717) is 18.0 Å². The normalized spacial score (nSPS) is 24.4. The Labute approximate surface area is 121 Å². The van der Waals surface area contributed by atoms with Crippen LogP contribution < -0.4 is 5.32 Å². The molecule has 0 spiro atoms. The molecule has 0 bridgehead atoms. The van der Waals surface area contributed by atoms with Gasteiger partial charge in [-0.25, -0.2) is 0 Å². The Morgan fingerprint density at radius 3 is 2.90 bits per heavy atom. The van der Waals surface area contributed by atoms with Crippen LogP contribution in [0.4, 0.5) is 0 Å². The minimum absolute atomic E-state index is 0.545. The maximum Gasteiger partial charge on any atom is 0.240 e. The zero-order valence-electron chi connectivity index (χ0n) is 12.6. The van der Waals surface area contributed by atoms with E-state index in [1.54, 1.807) is 0 Å². The van der Waals surface area contributed by atoms with Crippen molar-refractivity contribution < 1.29 is 4.52 Å². The van der Waals surface area contributed by atoms with E-state index in [1.807, 2.05) is 0 Å². The van der Waals surface area contributed by atoms with E-state index in [1.165, 1.54) is 32.1 Å². The molecule has 1 N–H and O–H groups in total. The van der Waals surface area contributed by atoms with Crippen molar-refractivity contribution in [1.82, 2.24) is 20.4 Å². The molecule has 112 valence electrons. The van der Waals surface area contributed by atoms with Crippen LogP contribution in [0, 0.1) is 0 Å². The maximum atomic E-state index is 5.42. The van der Waals surface area contributed by atoms with E-state index in [9.17, 15) is 0 Å². The molecule has 0 amide bonds. The van der Waals surface area contributed by atoms with Crippen molar-refractivity contribution in [3.8, 4) is 0 Å². The minimum atomic E-state index is 0.545. The average Bonchev–Trinajstić information content (AvgIpc) is 3.18. The third-order valence-corrected chi connectivity index (χ3v) is 4.28. The van der Waals surface area contributed by atoms with E-state index >= 15 is 0 Å². The lowest BCUT2D eigenvalue weighted by Gasteiger charge is -2.35. The number of aromatic nitrogens is 2. The molecule has 1 aromatic rings. The average molecular weight is 278 g/mol. The van der Waals surface area contributed by atoms with Gasteiger partial charge in [0, 0.05) is 24.5 Å². The van der Waals surface area contributed by atoms with Gasteiger partial charge >= 0.3 is 0 Å². The molecule has 3 rings (SSSR count). The van der Waals surface area contributed by atoms with Gasteiger partial charge < -0.3 is 9.84 Å². The first-order valence-corrected chi connectivity index (χ1v) is 8.02. The van der Waals surface area contributed by atoms with Gasteiger partial charge in [0.25, 0.3) is 0 Å². The van der Waals surface area contributed by atoms with Crippen LogP contribution in [-0.2, 0) is 6.54 Å². The van der Waals surface area contributed by atoms with E-state index < -0.39 is 0 Å². The van der Waals surface area contributed by atoms with Gasteiger partial charge in [0.2, 0.25) is 5.89 Å². The highest BCUT2D eigenvalue weighted by molar-refractivity contribution is 5.03. The third kappa shape index (κ3) is 3.58. The summed E-state index contributed by atoms with van der Waals surface area (Å²) in [6, 6.07) is 1.14. The highest BCUT2D eigenvalue weighted by atomic mass is 16.5. The summed E-state index contributed by atoms with van der Waals surface area (Å²) in [6.07, 6.45) is 6.33. The number of rotatable bonds is 6. The molecule has 2 aliphatic rings. The molecule has 2 heterocycles. The number of hydrogen-bond acceptors (Lipinski definition) is 5. The van der Waals surface area contributed by atoms with E-state index in [-0.39, 0.29) is 0 Å². The fourth-order valence-electron chi connectivity index (χ4n) is 2.88. The van der Waals surface area contributed by atoms with Crippen LogP contribution in [0.15, 0.2) is 4.52 Å². The van der Waals surface area contributed by atoms with Crippen LogP contribution >= 0.6 is 0 Å². The van der Waals surface area contributed by atoms with Crippen LogP contribution in [-0.4, -0.2) is 40.2 Å². The summed E-state index contributed by atoms with van der Waals surface area (Å²) < 4.78 is 5.42. The van der Waals surface area contributed by atoms with E-state index in [0.717, 1.165) is 31.3 Å². The molecule has 1 aromatic heterocycles. The van der Waals surface area contributed by atoms with Gasteiger partial charge in [-0.15, -0.1) is 0 Å². The maximum absolute atomic E-state index is 5.42. The molecular formula is C15H26N4O. The Kier molecular flexibility index (Phi) is 4.36. The SMILES string of the molecule is CC(C)NCC1CCCCN1Cc1nc(C2CC2)no1. The second-order valence-electron chi connectivity index (χ2n) is 6.50. The quantitative estimate of drug-likeness (QED) is 0.865. The number of nitrogens with one attached hydrogen (secondary N) is 1. The Balaban J connectivity index is 1.57. The molecule has 0 radical (unpaired) electrons. The first kappa shape index (κ1) is 14.0. The van der Waals surface area contributed by atoms with Crippen LogP contribution in [0.25, 0.3) is 0 Å². The van der Waals surface area contributed by atoms with Crippen molar-refractivity contribution in [2.45, 2.75) is 70.5 Å². The lowest BCUT2D eigenvalue weighted by atomic mass is 10.0. The summed E-state index contributed by atoms with van der Waals surface area (Å²) in [5.41, 5.74) is 0. The third-order valence-electron chi connectivity index (χ3n) is 4.28. The van der Waals surface area contributed by atoms with Crippen molar-refractivity contribution >= 4 is 0 Å². The minimum Gasteiger partial charge on any atom is -0.338 e. The topological polar surface area (TPSA) is 54.2 Å². The van der Waals surface area contributed by atoms with Crippen molar-refractivity contribution in [1.29, 1.82) is 0 Å². The molecule has 1 saturated carbocycles. The van der Waals surface area contributed by atoms with Crippen LogP contribution in [0.5, 0.6) is 0 Å². The van der Waals surface area contributed by atoms with Crippen LogP contribution in [0.2, 0.25) is 0 Å². The number of nitrogens with zero attached hydrogens (tertiary/aromatic N) is 3. The molecule has 5 nitrogen and oxygen atoms in total. The monoisotopic (exact) mass is 278 g/mol. The molecule has 1 saturated heterocycles. The summed E-state index contributed by atoms with van der Waals surface area (Å²) in [5.74, 6) is 2.30. The van der Waals surface area contributed by atoms with Crippen molar-refractivity contribution in [2.24, 2.45) is 0 Å².